The Bertz CT molecular complexity index is 616. The van der Waals surface area contributed by atoms with Crippen LogP contribution in [-0.4, -0.2) is 23.2 Å². The van der Waals surface area contributed by atoms with Gasteiger partial charge >= 0.3 is 5.97 Å². The minimum atomic E-state index is -0.997. The normalized spacial score (nSPS) is 21.6. The highest BCUT2D eigenvalue weighted by Crippen LogP contribution is 2.28. The zero-order valence-electron chi connectivity index (χ0n) is 11.3. The topological polar surface area (TPSA) is 55.7 Å². The maximum atomic E-state index is 12.3. The van der Waals surface area contributed by atoms with Crippen molar-refractivity contribution >= 4 is 40.9 Å². The first-order chi connectivity index (χ1) is 9.28. The van der Waals surface area contributed by atoms with Gasteiger partial charge in [0.05, 0.1) is 0 Å². The quantitative estimate of drug-likeness (QED) is 0.632. The number of halogens is 2. The van der Waals surface area contributed by atoms with E-state index in [1.165, 1.54) is 12.1 Å². The van der Waals surface area contributed by atoms with E-state index in [-0.39, 0.29) is 11.5 Å². The molecule has 20 heavy (non-hydrogen) atoms. The standard InChI is InChI=1S/C14H13Cl2NO3/c1-4-14(3)13(19)20-12(17-14)11(18)8-5-9(15)7(2)10(16)6-8/h5-6H,4H2,1-3H3/t14-/m0/s1. The Morgan fingerprint density at radius 1 is 1.35 bits per heavy atom. The van der Waals surface area contributed by atoms with Crippen LogP contribution in [-0.2, 0) is 9.53 Å². The second-order valence-corrected chi connectivity index (χ2v) is 5.64. The third-order valence-electron chi connectivity index (χ3n) is 3.40. The molecule has 1 aromatic rings. The van der Waals surface area contributed by atoms with Crippen molar-refractivity contribution in [2.75, 3.05) is 0 Å². The monoisotopic (exact) mass is 313 g/mol. The van der Waals surface area contributed by atoms with E-state index >= 15 is 0 Å². The van der Waals surface area contributed by atoms with E-state index < -0.39 is 17.3 Å². The van der Waals surface area contributed by atoms with Gasteiger partial charge in [-0.15, -0.1) is 0 Å². The molecule has 0 amide bonds. The summed E-state index contributed by atoms with van der Waals surface area (Å²) in [5, 5.41) is 0.757. The molecule has 1 heterocycles. The number of carbonyl (C=O) groups excluding carboxylic acids is 2. The minimum Gasteiger partial charge on any atom is -0.402 e. The number of carbonyl (C=O) groups is 2. The van der Waals surface area contributed by atoms with Gasteiger partial charge in [-0.05, 0) is 38.0 Å². The largest absolute Gasteiger partial charge is 0.402 e. The predicted molar refractivity (Wildman–Crippen MR) is 77.8 cm³/mol. The van der Waals surface area contributed by atoms with Gasteiger partial charge in [-0.2, -0.15) is 0 Å². The van der Waals surface area contributed by atoms with E-state index in [9.17, 15) is 9.59 Å². The Hall–Kier alpha value is -1.39. The van der Waals surface area contributed by atoms with Crippen molar-refractivity contribution in [3.63, 3.8) is 0 Å². The summed E-state index contributed by atoms with van der Waals surface area (Å²) in [6, 6.07) is 2.98. The van der Waals surface area contributed by atoms with E-state index in [2.05, 4.69) is 4.99 Å². The Morgan fingerprint density at radius 2 is 1.90 bits per heavy atom. The molecule has 1 aromatic carbocycles. The summed E-state index contributed by atoms with van der Waals surface area (Å²) in [5.74, 6) is -1.23. The molecule has 6 heteroatoms. The zero-order valence-corrected chi connectivity index (χ0v) is 12.8. The third-order valence-corrected chi connectivity index (χ3v) is 4.19. The molecule has 1 atom stereocenters. The number of nitrogens with zero attached hydrogens (tertiary/aromatic N) is 1. The summed E-state index contributed by atoms with van der Waals surface area (Å²) < 4.78 is 4.97. The van der Waals surface area contributed by atoms with Crippen LogP contribution in [0, 0.1) is 6.92 Å². The number of esters is 1. The van der Waals surface area contributed by atoms with Crippen LogP contribution < -0.4 is 0 Å². The van der Waals surface area contributed by atoms with Crippen molar-refractivity contribution in [3.8, 4) is 0 Å². The van der Waals surface area contributed by atoms with Crippen molar-refractivity contribution in [1.82, 2.24) is 0 Å². The molecule has 0 spiro atoms. The molecule has 106 valence electrons. The first-order valence-electron chi connectivity index (χ1n) is 6.11. The van der Waals surface area contributed by atoms with Crippen molar-refractivity contribution in [3.05, 3.63) is 33.3 Å². The lowest BCUT2D eigenvalue weighted by Gasteiger charge is -2.11. The highest BCUT2D eigenvalue weighted by atomic mass is 35.5. The number of ketones is 1. The molecule has 0 aromatic heterocycles. The summed E-state index contributed by atoms with van der Waals surface area (Å²) in [6.45, 7) is 5.18. The molecule has 4 nitrogen and oxygen atoms in total. The SMILES string of the molecule is CC[C@]1(C)N=C(C(=O)c2cc(Cl)c(C)c(Cl)c2)OC1=O. The molecule has 2 rings (SSSR count). The number of Topliss-reactive ketones (excluding diaryl/α,β-unsaturated/α-hetero) is 1. The van der Waals surface area contributed by atoms with Gasteiger partial charge in [-0.3, -0.25) is 4.79 Å². The molecule has 0 aliphatic carbocycles. The molecular weight excluding hydrogens is 301 g/mol. The van der Waals surface area contributed by atoms with Crippen LogP contribution in [0.1, 0.15) is 36.2 Å². The van der Waals surface area contributed by atoms with E-state index in [4.69, 9.17) is 27.9 Å². The van der Waals surface area contributed by atoms with Crippen molar-refractivity contribution in [1.29, 1.82) is 0 Å². The molecule has 0 unspecified atom stereocenters. The van der Waals surface area contributed by atoms with Crippen molar-refractivity contribution < 1.29 is 14.3 Å². The van der Waals surface area contributed by atoms with Crippen molar-refractivity contribution in [2.45, 2.75) is 32.7 Å². The zero-order chi connectivity index (χ0) is 15.1. The Labute approximate surface area is 126 Å². The van der Waals surface area contributed by atoms with Gasteiger partial charge in [0.1, 0.15) is 0 Å². The fraction of sp³-hybridized carbons (Fsp3) is 0.357. The average molecular weight is 314 g/mol. The summed E-state index contributed by atoms with van der Waals surface area (Å²) in [4.78, 5) is 28.1. The van der Waals surface area contributed by atoms with Crippen LogP contribution in [0.25, 0.3) is 0 Å². The number of ether oxygens (including phenoxy) is 1. The highest BCUT2D eigenvalue weighted by molar-refractivity contribution is 6.46. The molecule has 0 bridgehead atoms. The van der Waals surface area contributed by atoms with Gasteiger partial charge < -0.3 is 4.74 Å². The molecule has 0 saturated heterocycles. The van der Waals surface area contributed by atoms with Crippen LogP contribution in [0.2, 0.25) is 10.0 Å². The van der Waals surface area contributed by atoms with Crippen LogP contribution in [0.3, 0.4) is 0 Å². The van der Waals surface area contributed by atoms with E-state index in [0.29, 0.717) is 22.0 Å². The number of benzene rings is 1. The number of cyclic esters (lactones) is 1. The van der Waals surface area contributed by atoms with Gasteiger partial charge in [-0.25, -0.2) is 9.79 Å². The molecule has 1 aliphatic rings. The van der Waals surface area contributed by atoms with Crippen molar-refractivity contribution in [2.24, 2.45) is 4.99 Å². The number of hydrogen-bond donors (Lipinski definition) is 0. The fourth-order valence-corrected chi connectivity index (χ4v) is 2.20. The van der Waals surface area contributed by atoms with Gasteiger partial charge in [-0.1, -0.05) is 30.1 Å². The molecule has 0 N–H and O–H groups in total. The van der Waals surface area contributed by atoms with Gasteiger partial charge in [0.25, 0.3) is 5.90 Å². The Kier molecular flexibility index (Phi) is 3.89. The summed E-state index contributed by atoms with van der Waals surface area (Å²) in [7, 11) is 0. The lowest BCUT2D eigenvalue weighted by molar-refractivity contribution is -0.138. The van der Waals surface area contributed by atoms with E-state index in [0.717, 1.165) is 0 Å². The van der Waals surface area contributed by atoms with Gasteiger partial charge in [0.2, 0.25) is 5.78 Å². The second kappa shape index (κ2) is 5.19. The predicted octanol–water partition coefficient (Wildman–Crippen LogP) is 3.61. The number of hydrogen-bond acceptors (Lipinski definition) is 4. The van der Waals surface area contributed by atoms with Crippen LogP contribution in [0.4, 0.5) is 0 Å². The van der Waals surface area contributed by atoms with E-state index in [1.54, 1.807) is 20.8 Å². The molecular formula is C14H13Cl2NO3. The third kappa shape index (κ3) is 2.45. The van der Waals surface area contributed by atoms with Crippen LogP contribution in [0.5, 0.6) is 0 Å². The van der Waals surface area contributed by atoms with Gasteiger partial charge in [0, 0.05) is 15.6 Å². The fourth-order valence-electron chi connectivity index (χ4n) is 1.71. The lowest BCUT2D eigenvalue weighted by atomic mass is 10.0. The lowest BCUT2D eigenvalue weighted by Crippen LogP contribution is -2.28. The first kappa shape index (κ1) is 15.0. The summed E-state index contributed by atoms with van der Waals surface area (Å²) >= 11 is 12.0. The molecule has 0 saturated carbocycles. The molecule has 1 aliphatic heterocycles. The maximum Gasteiger partial charge on any atom is 0.340 e. The number of rotatable bonds is 3. The summed E-state index contributed by atoms with van der Waals surface area (Å²) in [6.07, 6.45) is 0.456. The van der Waals surface area contributed by atoms with Gasteiger partial charge in [0.15, 0.2) is 5.54 Å². The smallest absolute Gasteiger partial charge is 0.340 e. The molecule has 0 radical (unpaired) electrons. The summed E-state index contributed by atoms with van der Waals surface area (Å²) in [5.41, 5.74) is -0.0605. The minimum absolute atomic E-state index is 0.213. The van der Waals surface area contributed by atoms with Crippen LogP contribution in [0.15, 0.2) is 17.1 Å². The number of aliphatic imine (C=N–C) groups is 1. The van der Waals surface area contributed by atoms with E-state index in [1.807, 2.05) is 0 Å². The Balaban J connectivity index is 2.39. The first-order valence-corrected chi connectivity index (χ1v) is 6.86. The molecule has 0 fully saturated rings. The highest BCUT2D eigenvalue weighted by Gasteiger charge is 2.42. The average Bonchev–Trinajstić information content (AvgIpc) is 2.71. The maximum absolute atomic E-state index is 12.3. The Morgan fingerprint density at radius 3 is 2.35 bits per heavy atom. The second-order valence-electron chi connectivity index (χ2n) is 4.83. The van der Waals surface area contributed by atoms with Crippen LogP contribution >= 0.6 is 23.2 Å².